The van der Waals surface area contributed by atoms with Crippen LogP contribution in [0, 0.1) is 13.8 Å². The van der Waals surface area contributed by atoms with Crippen molar-refractivity contribution in [3.8, 4) is 22.6 Å². The maximum Gasteiger partial charge on any atom is 0.455 e. The molecular formula is C22H15F3O2. The van der Waals surface area contributed by atoms with Gasteiger partial charge in [-0.3, -0.25) is 4.79 Å². The smallest absolute Gasteiger partial charge is 0.455 e. The van der Waals surface area contributed by atoms with Crippen LogP contribution in [-0.4, -0.2) is 12.0 Å². The molecule has 0 spiro atoms. The number of fused-ring (bicyclic) bond motifs is 3. The van der Waals surface area contributed by atoms with E-state index < -0.39 is 17.5 Å². The number of rotatable bonds is 2. The van der Waals surface area contributed by atoms with Gasteiger partial charge in [0, 0.05) is 11.1 Å². The minimum absolute atomic E-state index is 0.0315. The van der Waals surface area contributed by atoms with Crippen molar-refractivity contribution in [1.29, 1.82) is 0 Å². The fourth-order valence-corrected chi connectivity index (χ4v) is 3.49. The summed E-state index contributed by atoms with van der Waals surface area (Å²) in [6.07, 6.45) is -4.98. The lowest BCUT2D eigenvalue weighted by atomic mass is 10.0. The molecule has 0 unspecified atom stereocenters. The van der Waals surface area contributed by atoms with Crippen molar-refractivity contribution in [1.82, 2.24) is 0 Å². The Morgan fingerprint density at radius 2 is 1.56 bits per heavy atom. The number of benzene rings is 2. The van der Waals surface area contributed by atoms with Gasteiger partial charge < -0.3 is 4.42 Å². The van der Waals surface area contributed by atoms with Crippen molar-refractivity contribution in [2.45, 2.75) is 20.0 Å². The predicted octanol–water partition coefficient (Wildman–Crippen LogP) is 6.57. The Balaban J connectivity index is 2.04. The number of hydrogen-bond acceptors (Lipinski definition) is 2. The summed E-state index contributed by atoms with van der Waals surface area (Å²) in [5.41, 5.74) is 2.85. The fourth-order valence-electron chi connectivity index (χ4n) is 3.49. The highest BCUT2D eigenvalue weighted by Gasteiger charge is 2.43. The van der Waals surface area contributed by atoms with Gasteiger partial charge in [-0.25, -0.2) is 0 Å². The van der Waals surface area contributed by atoms with Crippen LogP contribution in [-0.2, 0) is 0 Å². The lowest BCUT2D eigenvalue weighted by Gasteiger charge is -2.10. The van der Waals surface area contributed by atoms with Crippen LogP contribution in [0.25, 0.3) is 33.4 Å². The van der Waals surface area contributed by atoms with E-state index in [0.29, 0.717) is 16.7 Å². The summed E-state index contributed by atoms with van der Waals surface area (Å²) in [6.45, 7) is 3.87. The summed E-state index contributed by atoms with van der Waals surface area (Å²) in [4.78, 5) is 12.1. The molecule has 0 saturated carbocycles. The molecule has 0 saturated heterocycles. The minimum atomic E-state index is -4.98. The van der Waals surface area contributed by atoms with Crippen molar-refractivity contribution in [2.24, 2.45) is 0 Å². The Morgan fingerprint density at radius 1 is 0.889 bits per heavy atom. The van der Waals surface area contributed by atoms with Crippen LogP contribution < -0.4 is 0 Å². The van der Waals surface area contributed by atoms with Crippen LogP contribution in [0.4, 0.5) is 13.2 Å². The zero-order valence-corrected chi connectivity index (χ0v) is 14.6. The highest BCUT2D eigenvalue weighted by atomic mass is 19.4. The summed E-state index contributed by atoms with van der Waals surface area (Å²) in [5.74, 6) is -1.50. The quantitative estimate of drug-likeness (QED) is 0.375. The van der Waals surface area contributed by atoms with Gasteiger partial charge in [-0.2, -0.15) is 13.2 Å². The molecule has 5 heteroatoms. The number of aryl methyl sites for hydroxylation is 2. The third kappa shape index (κ3) is 2.79. The summed E-state index contributed by atoms with van der Waals surface area (Å²) < 4.78 is 45.5. The monoisotopic (exact) mass is 368 g/mol. The number of ketones is 1. The largest absolute Gasteiger partial charge is 0.455 e. The maximum atomic E-state index is 13.2. The molecule has 0 N–H and O–H groups in total. The van der Waals surface area contributed by atoms with Crippen molar-refractivity contribution in [3.05, 3.63) is 71.3 Å². The van der Waals surface area contributed by atoms with E-state index in [-0.39, 0.29) is 11.1 Å². The summed E-state index contributed by atoms with van der Waals surface area (Å²) in [7, 11) is 0. The number of halogens is 3. The Morgan fingerprint density at radius 3 is 2.22 bits per heavy atom. The first-order chi connectivity index (χ1) is 12.8. The zero-order chi connectivity index (χ0) is 19.3. The molecule has 27 heavy (non-hydrogen) atoms. The van der Waals surface area contributed by atoms with Gasteiger partial charge in [0.05, 0.1) is 5.56 Å². The summed E-state index contributed by atoms with van der Waals surface area (Å²) in [5, 5.41) is 0.812. The first-order valence-electron chi connectivity index (χ1n) is 8.41. The van der Waals surface area contributed by atoms with E-state index >= 15 is 0 Å². The maximum absolute atomic E-state index is 13.2. The average Bonchev–Trinajstić information content (AvgIpc) is 2.93. The molecule has 2 aromatic rings. The van der Waals surface area contributed by atoms with E-state index in [2.05, 4.69) is 0 Å². The molecular weight excluding hydrogens is 353 g/mol. The minimum Gasteiger partial charge on any atom is -0.455 e. The number of hydrogen-bond donors (Lipinski definition) is 0. The molecule has 0 fully saturated rings. The van der Waals surface area contributed by atoms with Crippen LogP contribution >= 0.6 is 0 Å². The third-order valence-electron chi connectivity index (χ3n) is 4.70. The molecule has 1 aliphatic heterocycles. The van der Waals surface area contributed by atoms with Crippen LogP contribution in [0.2, 0.25) is 0 Å². The van der Waals surface area contributed by atoms with Crippen molar-refractivity contribution < 1.29 is 22.4 Å². The van der Waals surface area contributed by atoms with Crippen LogP contribution in [0.3, 0.4) is 0 Å². The summed E-state index contributed by atoms with van der Waals surface area (Å²) >= 11 is 0. The third-order valence-corrected chi connectivity index (χ3v) is 4.70. The van der Waals surface area contributed by atoms with E-state index in [1.807, 2.05) is 32.0 Å². The molecule has 0 radical (unpaired) electrons. The molecule has 136 valence electrons. The van der Waals surface area contributed by atoms with Gasteiger partial charge in [0.2, 0.25) is 0 Å². The van der Waals surface area contributed by atoms with E-state index in [4.69, 9.17) is 4.42 Å². The van der Waals surface area contributed by atoms with Gasteiger partial charge in [0.15, 0.2) is 0 Å². The van der Waals surface area contributed by atoms with Gasteiger partial charge in [0.25, 0.3) is 5.78 Å². The van der Waals surface area contributed by atoms with Crippen LogP contribution in [0.5, 0.6) is 0 Å². The van der Waals surface area contributed by atoms with Crippen LogP contribution in [0.1, 0.15) is 21.5 Å². The second kappa shape index (κ2) is 5.98. The van der Waals surface area contributed by atoms with E-state index in [1.165, 1.54) is 6.07 Å². The molecule has 2 aromatic carbocycles. The average molecular weight is 368 g/mol. The Labute approximate surface area is 153 Å². The fraction of sp³-hybridized carbons (Fsp3) is 0.136. The number of alkyl halides is 3. The Hall–Kier alpha value is -3.08. The van der Waals surface area contributed by atoms with Gasteiger partial charge in [-0.15, -0.1) is 0 Å². The SMILES string of the molecule is Cc1ccc(-c2ccc3c4ccccc4c(C(=O)C(F)(F)F)c-3o2)c(C)c1. The zero-order valence-electron chi connectivity index (χ0n) is 14.6. The second-order valence-corrected chi connectivity index (χ2v) is 6.61. The first kappa shape index (κ1) is 17.3. The molecule has 0 bridgehead atoms. The lowest BCUT2D eigenvalue weighted by molar-refractivity contribution is -0.0884. The predicted molar refractivity (Wildman–Crippen MR) is 98.1 cm³/mol. The molecule has 1 heterocycles. The Bertz CT molecular complexity index is 1150. The lowest BCUT2D eigenvalue weighted by Crippen LogP contribution is -2.22. The molecule has 2 nitrogen and oxygen atoms in total. The molecule has 0 aromatic heterocycles. The topological polar surface area (TPSA) is 30.2 Å². The number of Topliss-reactive ketones (excluding diaryl/α,β-unsaturated/α-hetero) is 1. The second-order valence-electron chi connectivity index (χ2n) is 6.61. The molecule has 1 aliphatic carbocycles. The van der Waals surface area contributed by atoms with Gasteiger partial charge in [-0.1, -0.05) is 48.0 Å². The first-order valence-corrected chi connectivity index (χ1v) is 8.41. The molecule has 0 amide bonds. The van der Waals surface area contributed by atoms with Crippen molar-refractivity contribution in [3.63, 3.8) is 0 Å². The van der Waals surface area contributed by atoms with E-state index in [1.54, 1.807) is 30.3 Å². The van der Waals surface area contributed by atoms with Crippen molar-refractivity contribution >= 4 is 16.6 Å². The van der Waals surface area contributed by atoms with Gasteiger partial charge >= 0.3 is 6.18 Å². The number of carbonyl (C=O) groups is 1. The highest BCUT2D eigenvalue weighted by molar-refractivity contribution is 6.20. The standard InChI is InChI=1S/C22H15F3O2/c1-12-7-8-14(13(2)11-12)18-10-9-17-15-5-3-4-6-16(15)19(20(17)27-18)21(26)22(23,24)25/h3-11H,1-2H3. The van der Waals surface area contributed by atoms with Gasteiger partial charge in [0.1, 0.15) is 11.5 Å². The highest BCUT2D eigenvalue weighted by Crippen LogP contribution is 2.43. The van der Waals surface area contributed by atoms with E-state index in [9.17, 15) is 18.0 Å². The van der Waals surface area contributed by atoms with Crippen molar-refractivity contribution in [2.75, 3.05) is 0 Å². The van der Waals surface area contributed by atoms with Crippen LogP contribution in [0.15, 0.2) is 59.0 Å². The summed E-state index contributed by atoms with van der Waals surface area (Å²) in [6, 6.07) is 15.7. The number of carbonyl (C=O) groups excluding carboxylic acids is 1. The van der Waals surface area contributed by atoms with E-state index in [0.717, 1.165) is 16.7 Å². The molecule has 0 atom stereocenters. The van der Waals surface area contributed by atoms with Gasteiger partial charge in [-0.05, 0) is 42.3 Å². The Kier molecular flexibility index (Phi) is 3.84. The normalized spacial score (nSPS) is 12.0. The molecule has 4 rings (SSSR count). The molecule has 2 aliphatic rings.